The molecule has 1 atom stereocenters. The Labute approximate surface area is 192 Å². The van der Waals surface area contributed by atoms with Crippen molar-refractivity contribution in [2.24, 2.45) is 0 Å². The number of carbonyl (C=O) groups is 2. The summed E-state index contributed by atoms with van der Waals surface area (Å²) in [5.41, 5.74) is 4.27. The van der Waals surface area contributed by atoms with Gasteiger partial charge in [-0.05, 0) is 68.0 Å². The lowest BCUT2D eigenvalue weighted by atomic mass is 9.95. The number of nitrogens with zero attached hydrogens (tertiary/aromatic N) is 1. The van der Waals surface area contributed by atoms with E-state index in [1.807, 2.05) is 43.3 Å². The fourth-order valence-electron chi connectivity index (χ4n) is 4.31. The molecule has 0 spiro atoms. The fourth-order valence-corrected chi connectivity index (χ4v) is 4.31. The van der Waals surface area contributed by atoms with Crippen molar-refractivity contribution in [2.75, 3.05) is 7.11 Å². The molecule has 2 aromatic carbocycles. The zero-order valence-corrected chi connectivity index (χ0v) is 19.8. The van der Waals surface area contributed by atoms with Gasteiger partial charge in [0, 0.05) is 12.6 Å². The summed E-state index contributed by atoms with van der Waals surface area (Å²) < 4.78 is 5.34. The molecule has 0 heterocycles. The molecule has 2 amide bonds. The predicted molar refractivity (Wildman–Crippen MR) is 128 cm³/mol. The topological polar surface area (TPSA) is 58.6 Å². The summed E-state index contributed by atoms with van der Waals surface area (Å²) in [5.74, 6) is 0.610. The Balaban J connectivity index is 1.79. The van der Waals surface area contributed by atoms with E-state index in [0.717, 1.165) is 48.1 Å². The number of hydrogen-bond donors (Lipinski definition) is 1. The van der Waals surface area contributed by atoms with Crippen LogP contribution < -0.4 is 10.1 Å². The van der Waals surface area contributed by atoms with E-state index in [2.05, 4.69) is 25.2 Å². The van der Waals surface area contributed by atoms with Crippen molar-refractivity contribution in [2.45, 2.75) is 77.9 Å². The summed E-state index contributed by atoms with van der Waals surface area (Å²) in [7, 11) is 1.63. The average Bonchev–Trinajstić information content (AvgIpc) is 2.80. The van der Waals surface area contributed by atoms with Crippen molar-refractivity contribution in [1.82, 2.24) is 10.2 Å². The first-order chi connectivity index (χ1) is 15.4. The van der Waals surface area contributed by atoms with Crippen LogP contribution in [0.15, 0.2) is 42.5 Å². The van der Waals surface area contributed by atoms with Crippen LogP contribution >= 0.6 is 0 Å². The van der Waals surface area contributed by atoms with Gasteiger partial charge in [-0.2, -0.15) is 0 Å². The van der Waals surface area contributed by atoms with Crippen molar-refractivity contribution in [3.8, 4) is 5.75 Å². The highest BCUT2D eigenvalue weighted by Gasteiger charge is 2.28. The Morgan fingerprint density at radius 2 is 1.78 bits per heavy atom. The number of methoxy groups -OCH3 is 1. The minimum absolute atomic E-state index is 0.0534. The van der Waals surface area contributed by atoms with Gasteiger partial charge < -0.3 is 15.0 Å². The number of nitrogens with one attached hydrogen (secondary N) is 1. The molecule has 3 rings (SSSR count). The van der Waals surface area contributed by atoms with Crippen LogP contribution in [0.2, 0.25) is 0 Å². The molecule has 32 heavy (non-hydrogen) atoms. The van der Waals surface area contributed by atoms with E-state index >= 15 is 0 Å². The zero-order chi connectivity index (χ0) is 23.1. The molecular formula is C27H36N2O3. The molecule has 2 aromatic rings. The van der Waals surface area contributed by atoms with Crippen LogP contribution in [0.3, 0.4) is 0 Å². The summed E-state index contributed by atoms with van der Waals surface area (Å²) in [6, 6.07) is 13.4. The largest absolute Gasteiger partial charge is 0.497 e. The van der Waals surface area contributed by atoms with Gasteiger partial charge >= 0.3 is 0 Å². The molecule has 0 bridgehead atoms. The van der Waals surface area contributed by atoms with Crippen molar-refractivity contribution < 1.29 is 14.3 Å². The normalized spacial score (nSPS) is 15.1. The van der Waals surface area contributed by atoms with Crippen LogP contribution in [0.1, 0.15) is 61.3 Å². The number of amides is 2. The van der Waals surface area contributed by atoms with Crippen LogP contribution in [-0.2, 0) is 22.6 Å². The van der Waals surface area contributed by atoms with Crippen molar-refractivity contribution in [3.05, 3.63) is 64.7 Å². The van der Waals surface area contributed by atoms with Crippen LogP contribution in [0.25, 0.3) is 0 Å². The number of ether oxygens (including phenoxy) is 1. The van der Waals surface area contributed by atoms with Gasteiger partial charge in [0.15, 0.2) is 0 Å². The molecule has 0 saturated heterocycles. The van der Waals surface area contributed by atoms with Gasteiger partial charge in [0.1, 0.15) is 11.8 Å². The monoisotopic (exact) mass is 436 g/mol. The summed E-state index contributed by atoms with van der Waals surface area (Å²) in [4.78, 5) is 28.2. The first kappa shape index (κ1) is 23.8. The zero-order valence-electron chi connectivity index (χ0n) is 19.8. The SMILES string of the molecule is COc1cccc(CN(C(=O)Cc2ccc(C)c(C)c2)C(C)C(=O)NC2CCCCC2)c1. The maximum atomic E-state index is 13.4. The Hall–Kier alpha value is -2.82. The molecule has 5 nitrogen and oxygen atoms in total. The van der Waals surface area contributed by atoms with Crippen molar-refractivity contribution in [1.29, 1.82) is 0 Å². The van der Waals surface area contributed by atoms with Gasteiger partial charge in [-0.25, -0.2) is 0 Å². The number of hydrogen-bond acceptors (Lipinski definition) is 3. The summed E-state index contributed by atoms with van der Waals surface area (Å²) >= 11 is 0. The van der Waals surface area contributed by atoms with Gasteiger partial charge in [0.05, 0.1) is 13.5 Å². The molecule has 5 heteroatoms. The van der Waals surface area contributed by atoms with Gasteiger partial charge in [-0.1, -0.05) is 49.6 Å². The second-order valence-corrected chi connectivity index (χ2v) is 8.99. The van der Waals surface area contributed by atoms with E-state index in [1.165, 1.54) is 12.0 Å². The maximum Gasteiger partial charge on any atom is 0.242 e. The number of benzene rings is 2. The molecule has 1 N–H and O–H groups in total. The van der Waals surface area contributed by atoms with E-state index in [9.17, 15) is 9.59 Å². The van der Waals surface area contributed by atoms with Crippen LogP contribution in [0, 0.1) is 13.8 Å². The minimum atomic E-state index is -0.554. The standard InChI is InChI=1S/C27H36N2O3/c1-19-13-14-22(15-20(19)2)17-26(30)29(18-23-9-8-12-25(16-23)32-4)21(3)27(31)28-24-10-6-5-7-11-24/h8-9,12-16,21,24H,5-7,10-11,17-18H2,1-4H3,(H,28,31). The smallest absolute Gasteiger partial charge is 0.242 e. The molecular weight excluding hydrogens is 400 g/mol. The Kier molecular flexibility index (Phi) is 8.32. The van der Waals surface area contributed by atoms with E-state index in [1.54, 1.807) is 12.0 Å². The van der Waals surface area contributed by atoms with E-state index < -0.39 is 6.04 Å². The molecule has 1 unspecified atom stereocenters. The summed E-state index contributed by atoms with van der Waals surface area (Å²) in [5, 5.41) is 3.19. The van der Waals surface area contributed by atoms with Gasteiger partial charge in [-0.3, -0.25) is 9.59 Å². The van der Waals surface area contributed by atoms with Gasteiger partial charge in [0.25, 0.3) is 0 Å². The molecule has 0 aromatic heterocycles. The quantitative estimate of drug-likeness (QED) is 0.651. The number of carbonyl (C=O) groups excluding carboxylic acids is 2. The Morgan fingerprint density at radius 3 is 2.47 bits per heavy atom. The van der Waals surface area contributed by atoms with Crippen molar-refractivity contribution in [3.63, 3.8) is 0 Å². The average molecular weight is 437 g/mol. The Morgan fingerprint density at radius 1 is 1.03 bits per heavy atom. The molecule has 0 aliphatic heterocycles. The number of aryl methyl sites for hydroxylation is 2. The molecule has 1 aliphatic carbocycles. The van der Waals surface area contributed by atoms with E-state index in [4.69, 9.17) is 4.74 Å². The molecule has 0 radical (unpaired) electrons. The third-order valence-corrected chi connectivity index (χ3v) is 6.53. The lowest BCUT2D eigenvalue weighted by Gasteiger charge is -2.31. The highest BCUT2D eigenvalue weighted by molar-refractivity contribution is 5.88. The summed E-state index contributed by atoms with van der Waals surface area (Å²) in [6.45, 7) is 6.31. The maximum absolute atomic E-state index is 13.4. The lowest BCUT2D eigenvalue weighted by Crippen LogP contribution is -2.50. The predicted octanol–water partition coefficient (Wildman–Crippen LogP) is 4.72. The first-order valence-electron chi connectivity index (χ1n) is 11.7. The van der Waals surface area contributed by atoms with Gasteiger partial charge in [0.2, 0.25) is 11.8 Å². The second kappa shape index (κ2) is 11.2. The number of rotatable bonds is 8. The molecule has 172 valence electrons. The fraction of sp³-hybridized carbons (Fsp3) is 0.481. The van der Waals surface area contributed by atoms with Crippen LogP contribution in [0.5, 0.6) is 5.75 Å². The molecule has 1 saturated carbocycles. The van der Waals surface area contributed by atoms with Crippen molar-refractivity contribution >= 4 is 11.8 Å². The van der Waals surface area contributed by atoms with Crippen LogP contribution in [0.4, 0.5) is 0 Å². The third-order valence-electron chi connectivity index (χ3n) is 6.53. The molecule has 1 aliphatic rings. The summed E-state index contributed by atoms with van der Waals surface area (Å²) in [6.07, 6.45) is 5.84. The highest BCUT2D eigenvalue weighted by Crippen LogP contribution is 2.20. The van der Waals surface area contributed by atoms with Crippen LogP contribution in [-0.4, -0.2) is 35.9 Å². The Bertz CT molecular complexity index is 934. The highest BCUT2D eigenvalue weighted by atomic mass is 16.5. The first-order valence-corrected chi connectivity index (χ1v) is 11.7. The third kappa shape index (κ3) is 6.35. The second-order valence-electron chi connectivity index (χ2n) is 8.99. The van der Waals surface area contributed by atoms with E-state index in [-0.39, 0.29) is 24.3 Å². The van der Waals surface area contributed by atoms with E-state index in [0.29, 0.717) is 6.54 Å². The van der Waals surface area contributed by atoms with Gasteiger partial charge in [-0.15, -0.1) is 0 Å². The lowest BCUT2D eigenvalue weighted by molar-refractivity contribution is -0.140. The molecule has 1 fully saturated rings. The minimum Gasteiger partial charge on any atom is -0.497 e.